The number of hydrazine groups is 1. The van der Waals surface area contributed by atoms with Crippen molar-refractivity contribution in [3.8, 4) is 11.4 Å². The second-order valence-corrected chi connectivity index (χ2v) is 2.79. The van der Waals surface area contributed by atoms with Crippen molar-refractivity contribution >= 4 is 5.82 Å². The lowest BCUT2D eigenvalue weighted by Gasteiger charge is -2.05. The summed E-state index contributed by atoms with van der Waals surface area (Å²) in [6, 6.07) is 0. The van der Waals surface area contributed by atoms with Crippen LogP contribution in [0.4, 0.5) is 5.82 Å². The topological polar surface area (TPSA) is 81.7 Å². The minimum absolute atomic E-state index is 0.538. The zero-order chi connectivity index (χ0) is 9.97. The third kappa shape index (κ3) is 1.31. The average molecular weight is 190 g/mol. The van der Waals surface area contributed by atoms with E-state index in [9.17, 15) is 0 Å². The molecule has 0 amide bonds. The molecule has 72 valence electrons. The van der Waals surface area contributed by atoms with Crippen molar-refractivity contribution < 1.29 is 0 Å². The van der Waals surface area contributed by atoms with Gasteiger partial charge in [-0.15, -0.1) is 0 Å². The third-order valence-electron chi connectivity index (χ3n) is 1.89. The highest BCUT2D eigenvalue weighted by atomic mass is 15.3. The van der Waals surface area contributed by atoms with Crippen molar-refractivity contribution in [3.63, 3.8) is 0 Å². The molecule has 0 aliphatic carbocycles. The van der Waals surface area contributed by atoms with Crippen LogP contribution in [0.15, 0.2) is 24.9 Å². The van der Waals surface area contributed by atoms with Crippen LogP contribution in [0.25, 0.3) is 11.4 Å². The SMILES string of the molecule is Cn1cncc1-c1nccnc1NN. The Morgan fingerprint density at radius 1 is 1.36 bits per heavy atom. The molecule has 6 heteroatoms. The van der Waals surface area contributed by atoms with Gasteiger partial charge in [0.2, 0.25) is 0 Å². The van der Waals surface area contributed by atoms with Gasteiger partial charge in [-0.05, 0) is 0 Å². The van der Waals surface area contributed by atoms with E-state index in [1.165, 1.54) is 0 Å². The van der Waals surface area contributed by atoms with Crippen molar-refractivity contribution in [2.45, 2.75) is 0 Å². The molecule has 2 heterocycles. The highest BCUT2D eigenvalue weighted by Crippen LogP contribution is 2.20. The van der Waals surface area contributed by atoms with Crippen molar-refractivity contribution in [2.75, 3.05) is 5.43 Å². The van der Waals surface area contributed by atoms with Crippen LogP contribution in [-0.4, -0.2) is 19.5 Å². The van der Waals surface area contributed by atoms with E-state index in [1.54, 1.807) is 24.9 Å². The van der Waals surface area contributed by atoms with Gasteiger partial charge in [-0.25, -0.2) is 20.8 Å². The van der Waals surface area contributed by atoms with E-state index in [2.05, 4.69) is 20.4 Å². The molecule has 2 aromatic heterocycles. The fraction of sp³-hybridized carbons (Fsp3) is 0.125. The Morgan fingerprint density at radius 2 is 2.14 bits per heavy atom. The smallest absolute Gasteiger partial charge is 0.168 e. The van der Waals surface area contributed by atoms with E-state index >= 15 is 0 Å². The van der Waals surface area contributed by atoms with Gasteiger partial charge in [-0.3, -0.25) is 0 Å². The van der Waals surface area contributed by atoms with E-state index in [1.807, 2.05) is 11.6 Å². The minimum atomic E-state index is 0.538. The van der Waals surface area contributed by atoms with Crippen molar-refractivity contribution in [3.05, 3.63) is 24.9 Å². The summed E-state index contributed by atoms with van der Waals surface area (Å²) in [5.41, 5.74) is 4.05. The monoisotopic (exact) mass is 190 g/mol. The minimum Gasteiger partial charge on any atom is -0.332 e. The van der Waals surface area contributed by atoms with Crippen LogP contribution in [-0.2, 0) is 7.05 Å². The predicted molar refractivity (Wildman–Crippen MR) is 52.0 cm³/mol. The quantitative estimate of drug-likeness (QED) is 0.521. The van der Waals surface area contributed by atoms with Gasteiger partial charge in [0.05, 0.1) is 18.2 Å². The normalized spacial score (nSPS) is 10.1. The highest BCUT2D eigenvalue weighted by molar-refractivity contribution is 5.67. The van der Waals surface area contributed by atoms with Gasteiger partial charge in [0, 0.05) is 19.4 Å². The molecule has 0 aliphatic heterocycles. The van der Waals surface area contributed by atoms with Crippen LogP contribution < -0.4 is 11.3 Å². The van der Waals surface area contributed by atoms with Crippen LogP contribution in [0, 0.1) is 0 Å². The molecular weight excluding hydrogens is 180 g/mol. The summed E-state index contributed by atoms with van der Waals surface area (Å²) in [5.74, 6) is 5.86. The Kier molecular flexibility index (Phi) is 2.11. The molecule has 3 N–H and O–H groups in total. The maximum Gasteiger partial charge on any atom is 0.168 e. The molecule has 0 radical (unpaired) electrons. The van der Waals surface area contributed by atoms with E-state index in [-0.39, 0.29) is 0 Å². The van der Waals surface area contributed by atoms with Crippen molar-refractivity contribution in [1.82, 2.24) is 19.5 Å². The summed E-state index contributed by atoms with van der Waals surface area (Å²) in [6.07, 6.45) is 6.60. The number of anilines is 1. The molecule has 0 atom stereocenters. The standard InChI is InChI=1S/C8H10N6/c1-14-5-10-4-6(14)7-8(13-9)12-3-2-11-7/h2-5H,9H2,1H3,(H,12,13). The van der Waals surface area contributed by atoms with Gasteiger partial charge in [0.1, 0.15) is 5.69 Å². The first-order valence-electron chi connectivity index (χ1n) is 4.07. The Balaban J connectivity index is 2.56. The molecule has 2 rings (SSSR count). The Morgan fingerprint density at radius 3 is 2.79 bits per heavy atom. The highest BCUT2D eigenvalue weighted by Gasteiger charge is 2.09. The first-order valence-corrected chi connectivity index (χ1v) is 4.07. The number of nitrogens with one attached hydrogen (secondary N) is 1. The fourth-order valence-corrected chi connectivity index (χ4v) is 1.22. The van der Waals surface area contributed by atoms with Crippen LogP contribution in [0.3, 0.4) is 0 Å². The third-order valence-corrected chi connectivity index (χ3v) is 1.89. The number of nitrogen functional groups attached to an aromatic ring is 1. The fourth-order valence-electron chi connectivity index (χ4n) is 1.22. The van der Waals surface area contributed by atoms with Crippen molar-refractivity contribution in [1.29, 1.82) is 0 Å². The van der Waals surface area contributed by atoms with Crippen molar-refractivity contribution in [2.24, 2.45) is 12.9 Å². The number of aryl methyl sites for hydroxylation is 1. The summed E-state index contributed by atoms with van der Waals surface area (Å²) < 4.78 is 1.85. The molecule has 0 unspecified atom stereocenters. The summed E-state index contributed by atoms with van der Waals surface area (Å²) in [5, 5.41) is 0. The second-order valence-electron chi connectivity index (χ2n) is 2.79. The molecular formula is C8H10N6. The Labute approximate surface area is 80.8 Å². The van der Waals surface area contributed by atoms with Crippen LogP contribution in [0.1, 0.15) is 0 Å². The molecule has 0 aromatic carbocycles. The summed E-state index contributed by atoms with van der Waals surface area (Å²) >= 11 is 0. The molecule has 0 saturated carbocycles. The van der Waals surface area contributed by atoms with Gasteiger partial charge in [0.25, 0.3) is 0 Å². The number of rotatable bonds is 2. The molecule has 14 heavy (non-hydrogen) atoms. The number of nitrogens with zero attached hydrogens (tertiary/aromatic N) is 4. The summed E-state index contributed by atoms with van der Waals surface area (Å²) in [4.78, 5) is 12.2. The van der Waals surface area contributed by atoms with Crippen LogP contribution in [0.2, 0.25) is 0 Å². The predicted octanol–water partition coefficient (Wildman–Crippen LogP) is 0.163. The maximum absolute atomic E-state index is 5.32. The number of aromatic nitrogens is 4. The van der Waals surface area contributed by atoms with E-state index in [0.717, 1.165) is 5.69 Å². The van der Waals surface area contributed by atoms with Gasteiger partial charge < -0.3 is 9.99 Å². The van der Waals surface area contributed by atoms with Gasteiger partial charge in [0.15, 0.2) is 5.82 Å². The summed E-state index contributed by atoms with van der Waals surface area (Å²) in [7, 11) is 1.89. The average Bonchev–Trinajstić information content (AvgIpc) is 2.64. The maximum atomic E-state index is 5.32. The van der Waals surface area contributed by atoms with Gasteiger partial charge in [-0.2, -0.15) is 0 Å². The van der Waals surface area contributed by atoms with Gasteiger partial charge >= 0.3 is 0 Å². The number of hydrogen-bond donors (Lipinski definition) is 2. The van der Waals surface area contributed by atoms with E-state index in [0.29, 0.717) is 11.5 Å². The first kappa shape index (κ1) is 8.64. The summed E-state index contributed by atoms with van der Waals surface area (Å²) in [6.45, 7) is 0. The molecule has 0 saturated heterocycles. The number of hydrogen-bond acceptors (Lipinski definition) is 5. The zero-order valence-corrected chi connectivity index (χ0v) is 7.68. The van der Waals surface area contributed by atoms with E-state index < -0.39 is 0 Å². The Bertz CT molecular complexity index is 435. The lowest BCUT2D eigenvalue weighted by molar-refractivity contribution is 0.914. The van der Waals surface area contributed by atoms with Gasteiger partial charge in [-0.1, -0.05) is 0 Å². The largest absolute Gasteiger partial charge is 0.332 e. The lowest BCUT2D eigenvalue weighted by atomic mass is 10.3. The first-order chi connectivity index (χ1) is 6.83. The molecule has 2 aromatic rings. The zero-order valence-electron chi connectivity index (χ0n) is 7.68. The number of nitrogens with two attached hydrogens (primary N) is 1. The van der Waals surface area contributed by atoms with Crippen LogP contribution >= 0.6 is 0 Å². The molecule has 6 nitrogen and oxygen atoms in total. The molecule has 0 bridgehead atoms. The Hall–Kier alpha value is -1.95. The lowest BCUT2D eigenvalue weighted by Crippen LogP contribution is -2.11. The van der Waals surface area contributed by atoms with E-state index in [4.69, 9.17) is 5.84 Å². The molecule has 0 fully saturated rings. The second kappa shape index (κ2) is 3.43. The number of imidazole rings is 1. The van der Waals surface area contributed by atoms with Crippen LogP contribution in [0.5, 0.6) is 0 Å². The molecule has 0 aliphatic rings. The molecule has 0 spiro atoms.